The molecule has 82 valence electrons. The molecule has 0 radical (unpaired) electrons. The Kier molecular flexibility index (Phi) is 2.15. The number of hydrogen-bond acceptors (Lipinski definition) is 3. The highest BCUT2D eigenvalue weighted by molar-refractivity contribution is 7.12. The van der Waals surface area contributed by atoms with Crippen LogP contribution in [0, 0.1) is 0 Å². The molecule has 1 saturated carbocycles. The monoisotopic (exact) mass is 222 g/mol. The smallest absolute Gasteiger partial charge is 0.113 e. The lowest BCUT2D eigenvalue weighted by molar-refractivity contribution is 0.397. The summed E-state index contributed by atoms with van der Waals surface area (Å²) in [5, 5.41) is 4.97. The minimum absolute atomic E-state index is 0.0795. The molecule has 0 saturated heterocycles. The number of aryl methyl sites for hydroxylation is 2. The van der Waals surface area contributed by atoms with Gasteiger partial charge in [-0.25, -0.2) is 4.98 Å². The quantitative estimate of drug-likeness (QED) is 0.850. The molecule has 0 spiro atoms. The highest BCUT2D eigenvalue weighted by Gasteiger charge is 2.33. The van der Waals surface area contributed by atoms with Crippen molar-refractivity contribution < 1.29 is 0 Å². The van der Waals surface area contributed by atoms with Crippen molar-refractivity contribution in [2.75, 3.05) is 0 Å². The second-order valence-electron chi connectivity index (χ2n) is 5.29. The van der Waals surface area contributed by atoms with Crippen molar-refractivity contribution in [2.24, 2.45) is 0 Å². The first-order chi connectivity index (χ1) is 7.15. The van der Waals surface area contributed by atoms with E-state index in [1.54, 1.807) is 0 Å². The third kappa shape index (κ3) is 1.83. The largest absolute Gasteiger partial charge is 0.303 e. The van der Waals surface area contributed by atoms with Gasteiger partial charge in [0.15, 0.2) is 0 Å². The molecule has 1 fully saturated rings. The van der Waals surface area contributed by atoms with Crippen molar-refractivity contribution in [2.45, 2.75) is 57.5 Å². The Bertz CT molecular complexity index is 355. The Balaban J connectivity index is 1.83. The molecule has 3 rings (SSSR count). The second kappa shape index (κ2) is 3.29. The molecular weight excluding hydrogens is 204 g/mol. The molecule has 2 aliphatic rings. The summed E-state index contributed by atoms with van der Waals surface area (Å²) in [6.07, 6.45) is 6.45. The maximum absolute atomic E-state index is 4.80. The lowest BCUT2D eigenvalue weighted by Crippen LogP contribution is -2.38. The van der Waals surface area contributed by atoms with E-state index in [1.165, 1.54) is 47.7 Å². The van der Waals surface area contributed by atoms with Crippen LogP contribution in [0.5, 0.6) is 0 Å². The Morgan fingerprint density at radius 3 is 2.80 bits per heavy atom. The van der Waals surface area contributed by atoms with Crippen molar-refractivity contribution in [3.05, 3.63) is 15.6 Å². The summed E-state index contributed by atoms with van der Waals surface area (Å²) in [5.41, 5.74) is 1.46. The van der Waals surface area contributed by atoms with E-state index in [0.29, 0.717) is 0 Å². The van der Waals surface area contributed by atoms with Crippen LogP contribution in [-0.4, -0.2) is 11.0 Å². The van der Waals surface area contributed by atoms with E-state index < -0.39 is 0 Å². The standard InChI is InChI=1S/C12H18N2S/c1-12(2,14-8-6-7-8)11-13-9-4-3-5-10(9)15-11/h8,14H,3-7H2,1-2H3. The van der Waals surface area contributed by atoms with Gasteiger partial charge in [0.2, 0.25) is 0 Å². The predicted octanol–water partition coefficient (Wildman–Crippen LogP) is 2.62. The molecule has 3 heteroatoms. The van der Waals surface area contributed by atoms with E-state index in [1.807, 2.05) is 11.3 Å². The Hall–Kier alpha value is -0.410. The molecule has 2 aliphatic carbocycles. The van der Waals surface area contributed by atoms with Crippen LogP contribution in [0.15, 0.2) is 0 Å². The van der Waals surface area contributed by atoms with Crippen LogP contribution in [-0.2, 0) is 18.4 Å². The van der Waals surface area contributed by atoms with Crippen LogP contribution in [0.2, 0.25) is 0 Å². The lowest BCUT2D eigenvalue weighted by Gasteiger charge is -2.23. The van der Waals surface area contributed by atoms with Crippen LogP contribution in [0.25, 0.3) is 0 Å². The summed E-state index contributed by atoms with van der Waals surface area (Å²) in [6, 6.07) is 0.749. The zero-order valence-corrected chi connectivity index (χ0v) is 10.3. The molecular formula is C12H18N2S. The van der Waals surface area contributed by atoms with Gasteiger partial charge in [0.05, 0.1) is 11.2 Å². The highest BCUT2D eigenvalue weighted by atomic mass is 32.1. The van der Waals surface area contributed by atoms with Gasteiger partial charge in [0.25, 0.3) is 0 Å². The molecule has 0 amide bonds. The summed E-state index contributed by atoms with van der Waals surface area (Å²) in [7, 11) is 0. The summed E-state index contributed by atoms with van der Waals surface area (Å²) in [4.78, 5) is 6.34. The fraction of sp³-hybridized carbons (Fsp3) is 0.750. The van der Waals surface area contributed by atoms with Gasteiger partial charge in [-0.2, -0.15) is 0 Å². The molecule has 0 unspecified atom stereocenters. The topological polar surface area (TPSA) is 24.9 Å². The number of thiazole rings is 1. The molecule has 2 nitrogen and oxygen atoms in total. The van der Waals surface area contributed by atoms with Crippen molar-refractivity contribution >= 4 is 11.3 Å². The molecule has 1 N–H and O–H groups in total. The van der Waals surface area contributed by atoms with E-state index in [2.05, 4.69) is 19.2 Å². The molecule has 0 aromatic carbocycles. The molecule has 1 aromatic rings. The first-order valence-corrected chi connectivity index (χ1v) is 6.73. The maximum Gasteiger partial charge on any atom is 0.113 e. The fourth-order valence-corrected chi connectivity index (χ4v) is 3.47. The second-order valence-corrected chi connectivity index (χ2v) is 6.37. The molecule has 1 heterocycles. The molecule has 0 aliphatic heterocycles. The summed E-state index contributed by atoms with van der Waals surface area (Å²) in [6.45, 7) is 4.53. The van der Waals surface area contributed by atoms with Gasteiger partial charge >= 0.3 is 0 Å². The summed E-state index contributed by atoms with van der Waals surface area (Å²) >= 11 is 1.93. The normalized spacial score (nSPS) is 20.7. The van der Waals surface area contributed by atoms with Crippen molar-refractivity contribution in [1.82, 2.24) is 10.3 Å². The number of fused-ring (bicyclic) bond motifs is 1. The molecule has 0 bridgehead atoms. The zero-order valence-electron chi connectivity index (χ0n) is 9.47. The van der Waals surface area contributed by atoms with Gasteiger partial charge in [-0.05, 0) is 46.0 Å². The van der Waals surface area contributed by atoms with E-state index in [0.717, 1.165) is 6.04 Å². The van der Waals surface area contributed by atoms with Crippen molar-refractivity contribution in [1.29, 1.82) is 0 Å². The van der Waals surface area contributed by atoms with E-state index >= 15 is 0 Å². The third-order valence-electron chi connectivity index (χ3n) is 3.27. The average molecular weight is 222 g/mol. The van der Waals surface area contributed by atoms with Gasteiger partial charge in [0, 0.05) is 10.9 Å². The molecule has 1 aromatic heterocycles. The highest BCUT2D eigenvalue weighted by Crippen LogP contribution is 2.35. The van der Waals surface area contributed by atoms with Crippen LogP contribution in [0.4, 0.5) is 0 Å². The predicted molar refractivity (Wildman–Crippen MR) is 63.3 cm³/mol. The number of aromatic nitrogens is 1. The maximum atomic E-state index is 4.80. The van der Waals surface area contributed by atoms with Crippen molar-refractivity contribution in [3.63, 3.8) is 0 Å². The Labute approximate surface area is 95.1 Å². The van der Waals surface area contributed by atoms with Gasteiger partial charge < -0.3 is 5.32 Å². The fourth-order valence-electron chi connectivity index (χ4n) is 2.26. The Morgan fingerprint density at radius 1 is 1.33 bits per heavy atom. The van der Waals surface area contributed by atoms with Crippen LogP contribution >= 0.6 is 11.3 Å². The van der Waals surface area contributed by atoms with Gasteiger partial charge in [-0.15, -0.1) is 11.3 Å². The van der Waals surface area contributed by atoms with Crippen molar-refractivity contribution in [3.8, 4) is 0 Å². The summed E-state index contributed by atoms with van der Waals surface area (Å²) in [5.74, 6) is 0. The summed E-state index contributed by atoms with van der Waals surface area (Å²) < 4.78 is 0. The number of rotatable bonds is 3. The average Bonchev–Trinajstić information content (AvgIpc) is 2.72. The van der Waals surface area contributed by atoms with E-state index in [4.69, 9.17) is 4.98 Å². The third-order valence-corrected chi connectivity index (χ3v) is 4.75. The number of nitrogens with zero attached hydrogens (tertiary/aromatic N) is 1. The van der Waals surface area contributed by atoms with E-state index in [9.17, 15) is 0 Å². The van der Waals surface area contributed by atoms with E-state index in [-0.39, 0.29) is 5.54 Å². The minimum Gasteiger partial charge on any atom is -0.303 e. The number of hydrogen-bond donors (Lipinski definition) is 1. The first kappa shape index (κ1) is 9.79. The first-order valence-electron chi connectivity index (χ1n) is 5.92. The Morgan fingerprint density at radius 2 is 2.13 bits per heavy atom. The number of nitrogens with one attached hydrogen (secondary N) is 1. The lowest BCUT2D eigenvalue weighted by atomic mass is 10.1. The molecule has 0 atom stereocenters. The zero-order chi connectivity index (χ0) is 10.5. The van der Waals surface area contributed by atoms with Crippen LogP contribution in [0.1, 0.15) is 48.7 Å². The molecule has 15 heavy (non-hydrogen) atoms. The minimum atomic E-state index is 0.0795. The van der Waals surface area contributed by atoms with Crippen LogP contribution in [0.3, 0.4) is 0 Å². The van der Waals surface area contributed by atoms with Gasteiger partial charge in [-0.3, -0.25) is 0 Å². The van der Waals surface area contributed by atoms with Crippen LogP contribution < -0.4 is 5.32 Å². The van der Waals surface area contributed by atoms with Gasteiger partial charge in [0.1, 0.15) is 5.01 Å². The van der Waals surface area contributed by atoms with Gasteiger partial charge in [-0.1, -0.05) is 0 Å². The SMILES string of the molecule is CC(C)(NC1CC1)c1nc2c(s1)CCC2.